The van der Waals surface area contributed by atoms with E-state index in [0.717, 1.165) is 15.7 Å². The Morgan fingerprint density at radius 2 is 2.12 bits per heavy atom. The van der Waals surface area contributed by atoms with E-state index in [1.54, 1.807) is 37.6 Å². The minimum atomic E-state index is -0.298. The number of hydrazone groups is 1. The number of halogens is 2. The SMILES string of the molecule is CCNC(=S)N/N=C\c1cc(I)c(OCc2ccccc2F)c(OC)c1. The summed E-state index contributed by atoms with van der Waals surface area (Å²) < 4.78 is 25.8. The van der Waals surface area contributed by atoms with Crippen LogP contribution in [-0.4, -0.2) is 25.0 Å². The maximum Gasteiger partial charge on any atom is 0.186 e. The molecule has 2 aromatic carbocycles. The summed E-state index contributed by atoms with van der Waals surface area (Å²) in [6.45, 7) is 2.79. The van der Waals surface area contributed by atoms with Crippen molar-refractivity contribution in [2.45, 2.75) is 13.5 Å². The van der Waals surface area contributed by atoms with Gasteiger partial charge in [-0.2, -0.15) is 5.10 Å². The van der Waals surface area contributed by atoms with Crippen molar-refractivity contribution >= 4 is 46.1 Å². The quantitative estimate of drug-likeness (QED) is 0.269. The Bertz CT molecular complexity index is 802. The number of hydrogen-bond donors (Lipinski definition) is 2. The molecule has 0 saturated heterocycles. The van der Waals surface area contributed by atoms with Gasteiger partial charge in [0, 0.05) is 12.1 Å². The highest BCUT2D eigenvalue weighted by Gasteiger charge is 2.12. The summed E-state index contributed by atoms with van der Waals surface area (Å²) in [5.74, 6) is 0.807. The number of methoxy groups -OCH3 is 1. The Kier molecular flexibility index (Phi) is 8.05. The van der Waals surface area contributed by atoms with Gasteiger partial charge in [-0.1, -0.05) is 18.2 Å². The molecule has 0 spiro atoms. The van der Waals surface area contributed by atoms with Crippen LogP contribution in [0.3, 0.4) is 0 Å². The fourth-order valence-electron chi connectivity index (χ4n) is 2.09. The summed E-state index contributed by atoms with van der Waals surface area (Å²) in [5.41, 5.74) is 4.03. The fraction of sp³-hybridized carbons (Fsp3) is 0.222. The van der Waals surface area contributed by atoms with Crippen molar-refractivity contribution in [3.8, 4) is 11.5 Å². The fourth-order valence-corrected chi connectivity index (χ4v) is 3.06. The summed E-state index contributed by atoms with van der Waals surface area (Å²) in [7, 11) is 1.56. The molecule has 0 aliphatic carbocycles. The maximum absolute atomic E-state index is 13.7. The van der Waals surface area contributed by atoms with Gasteiger partial charge in [0.15, 0.2) is 16.6 Å². The summed E-state index contributed by atoms with van der Waals surface area (Å²) in [5, 5.41) is 7.48. The van der Waals surface area contributed by atoms with Crippen LogP contribution in [0.4, 0.5) is 4.39 Å². The molecule has 0 fully saturated rings. The van der Waals surface area contributed by atoms with Crippen LogP contribution in [0.25, 0.3) is 0 Å². The second kappa shape index (κ2) is 10.3. The number of nitrogens with one attached hydrogen (secondary N) is 2. The summed E-state index contributed by atoms with van der Waals surface area (Å²) in [6, 6.07) is 10.2. The highest BCUT2D eigenvalue weighted by molar-refractivity contribution is 14.1. The lowest BCUT2D eigenvalue weighted by Gasteiger charge is -2.14. The Morgan fingerprint density at radius 3 is 2.81 bits per heavy atom. The molecule has 138 valence electrons. The lowest BCUT2D eigenvalue weighted by atomic mass is 10.2. The van der Waals surface area contributed by atoms with Crippen molar-refractivity contribution in [1.29, 1.82) is 0 Å². The topological polar surface area (TPSA) is 54.9 Å². The number of rotatable bonds is 7. The van der Waals surface area contributed by atoms with E-state index < -0.39 is 0 Å². The number of nitrogens with zero attached hydrogens (tertiary/aromatic N) is 1. The Hall–Kier alpha value is -1.94. The van der Waals surface area contributed by atoms with Gasteiger partial charge in [-0.3, -0.25) is 5.43 Å². The first-order valence-electron chi connectivity index (χ1n) is 7.85. The number of benzene rings is 2. The molecule has 0 aromatic heterocycles. The average molecular weight is 487 g/mol. The van der Waals surface area contributed by atoms with Crippen molar-refractivity contribution in [1.82, 2.24) is 10.7 Å². The third kappa shape index (κ3) is 5.80. The normalized spacial score (nSPS) is 10.6. The molecule has 0 aliphatic heterocycles. The van der Waals surface area contributed by atoms with Gasteiger partial charge in [0.05, 0.1) is 16.9 Å². The zero-order valence-electron chi connectivity index (χ0n) is 14.4. The minimum Gasteiger partial charge on any atom is -0.493 e. The molecule has 0 amide bonds. The molecule has 0 aliphatic rings. The molecular formula is C18H19FIN3O2S. The molecule has 0 bridgehead atoms. The molecule has 0 heterocycles. The zero-order chi connectivity index (χ0) is 18.9. The first-order valence-corrected chi connectivity index (χ1v) is 9.34. The van der Waals surface area contributed by atoms with Crippen LogP contribution >= 0.6 is 34.8 Å². The second-order valence-electron chi connectivity index (χ2n) is 5.14. The molecule has 5 nitrogen and oxygen atoms in total. The molecule has 0 unspecified atom stereocenters. The molecule has 2 N–H and O–H groups in total. The molecular weight excluding hydrogens is 468 g/mol. The van der Waals surface area contributed by atoms with E-state index in [9.17, 15) is 4.39 Å². The van der Waals surface area contributed by atoms with Gasteiger partial charge in [0.1, 0.15) is 12.4 Å². The second-order valence-corrected chi connectivity index (χ2v) is 6.71. The number of ether oxygens (including phenoxy) is 2. The third-order valence-electron chi connectivity index (χ3n) is 3.30. The van der Waals surface area contributed by atoms with Crippen molar-refractivity contribution < 1.29 is 13.9 Å². The average Bonchev–Trinajstić information content (AvgIpc) is 2.62. The van der Waals surface area contributed by atoms with Crippen LogP contribution in [0.2, 0.25) is 0 Å². The van der Waals surface area contributed by atoms with E-state index >= 15 is 0 Å². The molecule has 2 aromatic rings. The summed E-state index contributed by atoms with van der Waals surface area (Å²) in [4.78, 5) is 0. The molecule has 0 radical (unpaired) electrons. The van der Waals surface area contributed by atoms with Crippen LogP contribution in [-0.2, 0) is 6.61 Å². The minimum absolute atomic E-state index is 0.116. The number of hydrogen-bond acceptors (Lipinski definition) is 4. The number of thiocarbonyl (C=S) groups is 1. The van der Waals surface area contributed by atoms with E-state index in [1.807, 2.05) is 13.0 Å². The first kappa shape index (κ1) is 20.4. The van der Waals surface area contributed by atoms with E-state index in [4.69, 9.17) is 21.7 Å². The van der Waals surface area contributed by atoms with Crippen LogP contribution in [0.5, 0.6) is 11.5 Å². The van der Waals surface area contributed by atoms with Crippen molar-refractivity contribution in [3.63, 3.8) is 0 Å². The van der Waals surface area contributed by atoms with E-state index in [2.05, 4.69) is 38.4 Å². The van der Waals surface area contributed by atoms with Crippen molar-refractivity contribution in [2.75, 3.05) is 13.7 Å². The zero-order valence-corrected chi connectivity index (χ0v) is 17.4. The van der Waals surface area contributed by atoms with Crippen molar-refractivity contribution in [3.05, 3.63) is 56.9 Å². The monoisotopic (exact) mass is 487 g/mol. The van der Waals surface area contributed by atoms with Crippen LogP contribution < -0.4 is 20.2 Å². The Labute approximate surface area is 171 Å². The first-order chi connectivity index (χ1) is 12.5. The Morgan fingerprint density at radius 1 is 1.35 bits per heavy atom. The van der Waals surface area contributed by atoms with Gasteiger partial charge in [-0.25, -0.2) is 4.39 Å². The lowest BCUT2D eigenvalue weighted by molar-refractivity contribution is 0.277. The van der Waals surface area contributed by atoms with E-state index in [-0.39, 0.29) is 12.4 Å². The molecule has 2 rings (SSSR count). The maximum atomic E-state index is 13.7. The van der Waals surface area contributed by atoms with Gasteiger partial charge in [0.25, 0.3) is 0 Å². The largest absolute Gasteiger partial charge is 0.493 e. The molecule has 0 saturated carbocycles. The van der Waals surface area contributed by atoms with Crippen molar-refractivity contribution in [2.24, 2.45) is 5.10 Å². The third-order valence-corrected chi connectivity index (χ3v) is 4.34. The van der Waals surface area contributed by atoms with Gasteiger partial charge in [-0.15, -0.1) is 0 Å². The highest BCUT2D eigenvalue weighted by Crippen LogP contribution is 2.34. The van der Waals surface area contributed by atoms with Crippen LogP contribution in [0.1, 0.15) is 18.1 Å². The predicted octanol–water partition coefficient (Wildman–Crippen LogP) is 3.84. The Balaban J connectivity index is 2.12. The summed E-state index contributed by atoms with van der Waals surface area (Å²) >= 11 is 7.19. The predicted molar refractivity (Wildman–Crippen MR) is 113 cm³/mol. The van der Waals surface area contributed by atoms with Gasteiger partial charge < -0.3 is 14.8 Å². The molecule has 26 heavy (non-hydrogen) atoms. The van der Waals surface area contributed by atoms with Crippen LogP contribution in [0, 0.1) is 9.39 Å². The summed E-state index contributed by atoms with van der Waals surface area (Å²) in [6.07, 6.45) is 1.63. The smallest absolute Gasteiger partial charge is 0.186 e. The van der Waals surface area contributed by atoms with Gasteiger partial charge >= 0.3 is 0 Å². The van der Waals surface area contributed by atoms with E-state index in [1.165, 1.54) is 6.07 Å². The lowest BCUT2D eigenvalue weighted by Crippen LogP contribution is -2.31. The van der Waals surface area contributed by atoms with E-state index in [0.29, 0.717) is 22.2 Å². The standard InChI is InChI=1S/C18H19FIN3O2S/c1-3-21-18(26)23-22-10-12-8-15(20)17(16(9-12)24-2)25-11-13-6-4-5-7-14(13)19/h4-10H,3,11H2,1-2H3,(H2,21,23,26)/b22-10-. The van der Waals surface area contributed by atoms with Crippen LogP contribution in [0.15, 0.2) is 41.5 Å². The molecule has 0 atom stereocenters. The molecule has 8 heteroatoms. The highest BCUT2D eigenvalue weighted by atomic mass is 127. The van der Waals surface area contributed by atoms with Gasteiger partial charge in [0.2, 0.25) is 0 Å². The van der Waals surface area contributed by atoms with Gasteiger partial charge in [-0.05, 0) is 65.5 Å².